The molecule has 0 saturated carbocycles. The van der Waals surface area contributed by atoms with E-state index in [4.69, 9.17) is 5.26 Å². The maximum absolute atomic E-state index is 11.5. The van der Waals surface area contributed by atoms with Gasteiger partial charge in [-0.3, -0.25) is 9.69 Å². The fraction of sp³-hybridized carbons (Fsp3) is 0.250. The van der Waals surface area contributed by atoms with Gasteiger partial charge in [0.05, 0.1) is 24.4 Å². The quantitative estimate of drug-likeness (QED) is 0.582. The summed E-state index contributed by atoms with van der Waals surface area (Å²) in [7, 11) is 1.27. The number of esters is 1. The third-order valence-corrected chi connectivity index (χ3v) is 2.21. The van der Waals surface area contributed by atoms with Crippen molar-refractivity contribution in [2.45, 2.75) is 6.92 Å². The minimum absolute atomic E-state index is 0.108. The summed E-state index contributed by atoms with van der Waals surface area (Å²) in [5.41, 5.74) is 0.647. The van der Waals surface area contributed by atoms with Crippen molar-refractivity contribution in [2.24, 2.45) is 0 Å². The van der Waals surface area contributed by atoms with Gasteiger partial charge in [0.25, 0.3) is 0 Å². The van der Waals surface area contributed by atoms with E-state index in [9.17, 15) is 9.59 Å². The Hall–Kier alpha value is -2.35. The van der Waals surface area contributed by atoms with E-state index in [0.717, 1.165) is 0 Å². The Kier molecular flexibility index (Phi) is 4.23. The topological polar surface area (TPSA) is 70.4 Å². The van der Waals surface area contributed by atoms with Crippen LogP contribution in [0.4, 0.5) is 5.69 Å². The summed E-state index contributed by atoms with van der Waals surface area (Å²) in [6.07, 6.45) is 0. The average molecular weight is 232 g/mol. The molecule has 0 aliphatic heterocycles. The van der Waals surface area contributed by atoms with Crippen molar-refractivity contribution in [2.75, 3.05) is 18.6 Å². The first-order chi connectivity index (χ1) is 8.11. The molecule has 1 aromatic rings. The van der Waals surface area contributed by atoms with Gasteiger partial charge in [-0.05, 0) is 12.1 Å². The number of amides is 1. The van der Waals surface area contributed by atoms with Crippen molar-refractivity contribution in [3.05, 3.63) is 29.8 Å². The summed E-state index contributed by atoms with van der Waals surface area (Å²) >= 11 is 0. The molecule has 0 spiro atoms. The molecule has 0 aliphatic rings. The van der Waals surface area contributed by atoms with E-state index < -0.39 is 5.97 Å². The van der Waals surface area contributed by atoms with Crippen LogP contribution in [0.15, 0.2) is 24.3 Å². The van der Waals surface area contributed by atoms with E-state index in [1.54, 1.807) is 24.3 Å². The van der Waals surface area contributed by atoms with Crippen molar-refractivity contribution >= 4 is 17.6 Å². The fourth-order valence-electron chi connectivity index (χ4n) is 1.43. The van der Waals surface area contributed by atoms with Gasteiger partial charge >= 0.3 is 5.97 Å². The molecule has 0 saturated heterocycles. The Balaban J connectivity index is 3.24. The number of para-hydroxylation sites is 1. The lowest BCUT2D eigenvalue weighted by molar-refractivity contribution is -0.116. The van der Waals surface area contributed by atoms with Crippen LogP contribution in [0.2, 0.25) is 0 Å². The summed E-state index contributed by atoms with van der Waals surface area (Å²) in [5, 5.41) is 8.67. The monoisotopic (exact) mass is 232 g/mol. The van der Waals surface area contributed by atoms with Gasteiger partial charge in [0.1, 0.15) is 6.54 Å². The van der Waals surface area contributed by atoms with Crippen LogP contribution in [0.5, 0.6) is 0 Å². The highest BCUT2D eigenvalue weighted by Gasteiger charge is 2.18. The van der Waals surface area contributed by atoms with E-state index in [0.29, 0.717) is 5.69 Å². The number of hydrogen-bond donors (Lipinski definition) is 0. The Morgan fingerprint density at radius 3 is 2.59 bits per heavy atom. The predicted molar refractivity (Wildman–Crippen MR) is 61.4 cm³/mol. The molecule has 0 aromatic heterocycles. The second kappa shape index (κ2) is 5.66. The molecule has 1 rings (SSSR count). The lowest BCUT2D eigenvalue weighted by Gasteiger charge is -2.19. The molecule has 0 radical (unpaired) electrons. The Bertz CT molecular complexity index is 477. The van der Waals surface area contributed by atoms with Gasteiger partial charge in [-0.15, -0.1) is 0 Å². The van der Waals surface area contributed by atoms with E-state index in [2.05, 4.69) is 4.74 Å². The number of nitrogens with zero attached hydrogens (tertiary/aromatic N) is 2. The first-order valence-corrected chi connectivity index (χ1v) is 4.94. The number of ether oxygens (including phenoxy) is 1. The Labute approximate surface area is 99.2 Å². The molecule has 0 heterocycles. The summed E-state index contributed by atoms with van der Waals surface area (Å²) < 4.78 is 4.63. The number of anilines is 1. The van der Waals surface area contributed by atoms with E-state index >= 15 is 0 Å². The number of methoxy groups -OCH3 is 1. The van der Waals surface area contributed by atoms with Crippen molar-refractivity contribution in [3.63, 3.8) is 0 Å². The van der Waals surface area contributed by atoms with Gasteiger partial charge in [-0.1, -0.05) is 12.1 Å². The van der Waals surface area contributed by atoms with Crippen LogP contribution in [0.25, 0.3) is 0 Å². The van der Waals surface area contributed by atoms with E-state index in [-0.39, 0.29) is 18.0 Å². The highest BCUT2D eigenvalue weighted by molar-refractivity contribution is 6.02. The molecule has 88 valence electrons. The Morgan fingerprint density at radius 2 is 2.06 bits per heavy atom. The molecule has 0 bridgehead atoms. The molecule has 5 nitrogen and oxygen atoms in total. The molecular weight excluding hydrogens is 220 g/mol. The van der Waals surface area contributed by atoms with Gasteiger partial charge < -0.3 is 4.74 Å². The molecule has 0 atom stereocenters. The number of carbonyl (C=O) groups is 2. The van der Waals surface area contributed by atoms with Crippen molar-refractivity contribution in [1.82, 2.24) is 0 Å². The van der Waals surface area contributed by atoms with Gasteiger partial charge in [0, 0.05) is 6.92 Å². The minimum atomic E-state index is -0.537. The highest BCUT2D eigenvalue weighted by Crippen LogP contribution is 2.21. The van der Waals surface area contributed by atoms with Crippen LogP contribution in [0.3, 0.4) is 0 Å². The number of nitriles is 1. The molecule has 0 N–H and O–H groups in total. The van der Waals surface area contributed by atoms with Crippen LogP contribution in [0.1, 0.15) is 17.3 Å². The molecular formula is C12H12N2O3. The van der Waals surface area contributed by atoms with Crippen LogP contribution in [-0.4, -0.2) is 25.5 Å². The molecule has 1 amide bonds. The van der Waals surface area contributed by atoms with Gasteiger partial charge in [-0.25, -0.2) is 4.79 Å². The SMILES string of the molecule is COC(=O)c1ccccc1N(CC#N)C(C)=O. The second-order valence-corrected chi connectivity index (χ2v) is 3.27. The molecule has 5 heteroatoms. The zero-order chi connectivity index (χ0) is 12.8. The van der Waals surface area contributed by atoms with Crippen LogP contribution in [0, 0.1) is 11.3 Å². The standard InChI is InChI=1S/C12H12N2O3/c1-9(15)14(8-7-13)11-6-4-3-5-10(11)12(16)17-2/h3-6H,8H2,1-2H3. The van der Waals surface area contributed by atoms with Gasteiger partial charge in [0.2, 0.25) is 5.91 Å². The highest BCUT2D eigenvalue weighted by atomic mass is 16.5. The number of rotatable bonds is 3. The number of benzene rings is 1. The summed E-state index contributed by atoms with van der Waals surface area (Å²) in [5.74, 6) is -0.840. The first-order valence-electron chi connectivity index (χ1n) is 4.94. The third kappa shape index (κ3) is 2.82. The molecule has 1 aromatic carbocycles. The van der Waals surface area contributed by atoms with Crippen LogP contribution in [-0.2, 0) is 9.53 Å². The summed E-state index contributed by atoms with van der Waals surface area (Å²) in [6.45, 7) is 1.23. The van der Waals surface area contributed by atoms with Gasteiger partial charge in [-0.2, -0.15) is 5.26 Å². The maximum Gasteiger partial charge on any atom is 0.339 e. The molecule has 0 fully saturated rings. The normalized spacial score (nSPS) is 9.24. The zero-order valence-electron chi connectivity index (χ0n) is 9.64. The third-order valence-electron chi connectivity index (χ3n) is 2.21. The molecule has 0 aliphatic carbocycles. The minimum Gasteiger partial charge on any atom is -0.465 e. The number of carbonyl (C=O) groups excluding carboxylic acids is 2. The smallest absolute Gasteiger partial charge is 0.339 e. The zero-order valence-corrected chi connectivity index (χ0v) is 9.64. The summed E-state index contributed by atoms with van der Waals surface area (Å²) in [6, 6.07) is 8.39. The van der Waals surface area contributed by atoms with Crippen molar-refractivity contribution in [3.8, 4) is 6.07 Å². The average Bonchev–Trinajstić information content (AvgIpc) is 2.34. The molecule has 17 heavy (non-hydrogen) atoms. The van der Waals surface area contributed by atoms with Crippen molar-refractivity contribution in [1.29, 1.82) is 5.26 Å². The second-order valence-electron chi connectivity index (χ2n) is 3.27. The van der Waals surface area contributed by atoms with Crippen molar-refractivity contribution < 1.29 is 14.3 Å². The van der Waals surface area contributed by atoms with Crippen LogP contribution >= 0.6 is 0 Å². The largest absolute Gasteiger partial charge is 0.465 e. The maximum atomic E-state index is 11.5. The fourth-order valence-corrected chi connectivity index (χ4v) is 1.43. The first kappa shape index (κ1) is 12.7. The van der Waals surface area contributed by atoms with E-state index in [1.807, 2.05) is 6.07 Å². The van der Waals surface area contributed by atoms with Gasteiger partial charge in [0.15, 0.2) is 0 Å². The summed E-state index contributed by atoms with van der Waals surface area (Å²) in [4.78, 5) is 24.2. The predicted octanol–water partition coefficient (Wildman–Crippen LogP) is 1.35. The van der Waals surface area contributed by atoms with Crippen LogP contribution < -0.4 is 4.90 Å². The lowest BCUT2D eigenvalue weighted by Crippen LogP contribution is -2.30. The molecule has 0 unspecified atom stereocenters. The van der Waals surface area contributed by atoms with E-state index in [1.165, 1.54) is 18.9 Å². The lowest BCUT2D eigenvalue weighted by atomic mass is 10.1. The Morgan fingerprint density at radius 1 is 1.41 bits per heavy atom. The number of hydrogen-bond acceptors (Lipinski definition) is 4.